The number of rotatable bonds is 0. The van der Waals surface area contributed by atoms with Crippen molar-refractivity contribution in [2.45, 2.75) is 16.0 Å². The Morgan fingerprint density at radius 3 is 2.53 bits per heavy atom. The Kier molecular flexibility index (Phi) is 2.62. The van der Waals surface area contributed by atoms with Crippen LogP contribution < -0.4 is 4.72 Å². The largest absolute Gasteiger partial charge is 0.417 e. The van der Waals surface area contributed by atoms with Gasteiger partial charge < -0.3 is 0 Å². The van der Waals surface area contributed by atoms with E-state index in [2.05, 4.69) is 17.6 Å². The molecule has 0 atom stereocenters. The SMILES string of the molecule is O=S1(=O)NC=Nc2cc(C(F)(F)F)c(S)cc21. The zero-order chi connectivity index (χ0) is 12.8. The Morgan fingerprint density at radius 2 is 1.94 bits per heavy atom. The van der Waals surface area contributed by atoms with E-state index in [1.165, 1.54) is 0 Å². The molecule has 9 heteroatoms. The van der Waals surface area contributed by atoms with Crippen molar-refractivity contribution >= 4 is 34.7 Å². The van der Waals surface area contributed by atoms with Crippen LogP contribution in [0.5, 0.6) is 0 Å². The fourth-order valence-electron chi connectivity index (χ4n) is 1.33. The number of nitrogens with zero attached hydrogens (tertiary/aromatic N) is 1. The molecule has 0 bridgehead atoms. The van der Waals surface area contributed by atoms with Crippen molar-refractivity contribution in [1.82, 2.24) is 4.72 Å². The van der Waals surface area contributed by atoms with E-state index in [0.717, 1.165) is 12.4 Å². The van der Waals surface area contributed by atoms with E-state index < -0.39 is 26.7 Å². The first-order chi connectivity index (χ1) is 7.72. The van der Waals surface area contributed by atoms with E-state index in [9.17, 15) is 21.6 Å². The molecule has 1 aromatic carbocycles. The summed E-state index contributed by atoms with van der Waals surface area (Å²) in [5.74, 6) is 0. The highest BCUT2D eigenvalue weighted by Gasteiger charge is 2.35. The average Bonchev–Trinajstić information content (AvgIpc) is 2.16. The van der Waals surface area contributed by atoms with Gasteiger partial charge in [-0.1, -0.05) is 0 Å². The van der Waals surface area contributed by atoms with Crippen LogP contribution in [0.1, 0.15) is 5.56 Å². The summed E-state index contributed by atoms with van der Waals surface area (Å²) in [7, 11) is -3.84. The zero-order valence-corrected chi connectivity index (χ0v) is 9.70. The number of fused-ring (bicyclic) bond motifs is 1. The molecule has 0 aliphatic carbocycles. The molecule has 0 radical (unpaired) electrons. The second-order valence-electron chi connectivity index (χ2n) is 3.21. The molecule has 1 heterocycles. The third-order valence-electron chi connectivity index (χ3n) is 2.08. The highest BCUT2D eigenvalue weighted by Crippen LogP contribution is 2.39. The van der Waals surface area contributed by atoms with E-state index in [-0.39, 0.29) is 10.6 Å². The maximum Gasteiger partial charge on any atom is 0.417 e. The van der Waals surface area contributed by atoms with Gasteiger partial charge in [-0.05, 0) is 12.1 Å². The molecule has 0 fully saturated rings. The van der Waals surface area contributed by atoms with Crippen LogP contribution in [0.4, 0.5) is 18.9 Å². The molecule has 0 spiro atoms. The molecule has 92 valence electrons. The predicted octanol–water partition coefficient (Wildman–Crippen LogP) is 1.95. The van der Waals surface area contributed by atoms with Crippen molar-refractivity contribution in [3.8, 4) is 0 Å². The van der Waals surface area contributed by atoms with Gasteiger partial charge in [0.05, 0.1) is 11.3 Å². The van der Waals surface area contributed by atoms with Crippen molar-refractivity contribution in [3.63, 3.8) is 0 Å². The Hall–Kier alpha value is -1.22. The van der Waals surface area contributed by atoms with E-state index in [1.54, 1.807) is 0 Å². The molecule has 0 aromatic heterocycles. The minimum absolute atomic E-state index is 0.256. The molecule has 2 rings (SSSR count). The van der Waals surface area contributed by atoms with Gasteiger partial charge in [-0.3, -0.25) is 4.72 Å². The zero-order valence-electron chi connectivity index (χ0n) is 7.99. The van der Waals surface area contributed by atoms with Gasteiger partial charge in [0.15, 0.2) is 0 Å². The summed E-state index contributed by atoms with van der Waals surface area (Å²) in [5.41, 5.74) is -1.28. The molecule has 17 heavy (non-hydrogen) atoms. The molecule has 0 amide bonds. The van der Waals surface area contributed by atoms with Crippen molar-refractivity contribution in [2.24, 2.45) is 4.99 Å². The minimum atomic E-state index is -4.60. The van der Waals surface area contributed by atoms with E-state index in [4.69, 9.17) is 0 Å². The van der Waals surface area contributed by atoms with Gasteiger partial charge in [0, 0.05) is 4.90 Å². The maximum atomic E-state index is 12.5. The highest BCUT2D eigenvalue weighted by molar-refractivity contribution is 7.90. The standard InChI is InChI=1S/C8H5F3N2O2S2/c9-8(10,11)4-1-5-7(2-6(4)16)17(14,15)13-3-12-5/h1-3,16H,(H,12,13). The summed E-state index contributed by atoms with van der Waals surface area (Å²) in [5, 5.41) is 0. The van der Waals surface area contributed by atoms with Crippen molar-refractivity contribution in [1.29, 1.82) is 0 Å². The smallest absolute Gasteiger partial charge is 0.270 e. The monoisotopic (exact) mass is 282 g/mol. The fourth-order valence-corrected chi connectivity index (χ4v) is 2.72. The summed E-state index contributed by atoms with van der Waals surface area (Å²) < 4.78 is 62.5. The van der Waals surface area contributed by atoms with Gasteiger partial charge in [0.25, 0.3) is 10.0 Å². The lowest BCUT2D eigenvalue weighted by atomic mass is 10.2. The first-order valence-electron chi connectivity index (χ1n) is 4.21. The van der Waals surface area contributed by atoms with Gasteiger partial charge in [-0.2, -0.15) is 13.2 Å². The van der Waals surface area contributed by atoms with Gasteiger partial charge in [0.2, 0.25) is 0 Å². The number of halogens is 3. The topological polar surface area (TPSA) is 58.5 Å². The summed E-state index contributed by atoms with van der Waals surface area (Å²) in [6, 6.07) is 1.49. The Bertz CT molecular complexity index is 608. The summed E-state index contributed by atoms with van der Waals surface area (Å²) >= 11 is 3.64. The number of thiol groups is 1. The second kappa shape index (κ2) is 3.64. The first kappa shape index (κ1) is 12.2. The van der Waals surface area contributed by atoms with Crippen LogP contribution in [0.2, 0.25) is 0 Å². The Morgan fingerprint density at radius 1 is 1.29 bits per heavy atom. The first-order valence-corrected chi connectivity index (χ1v) is 6.14. The molecular formula is C8H5F3N2O2S2. The Labute approximate surface area is 100 Å². The molecular weight excluding hydrogens is 277 g/mol. The highest BCUT2D eigenvalue weighted by atomic mass is 32.2. The number of hydrogen-bond acceptors (Lipinski definition) is 4. The van der Waals surface area contributed by atoms with Crippen molar-refractivity contribution in [3.05, 3.63) is 17.7 Å². The summed E-state index contributed by atoms with van der Waals surface area (Å²) in [6.45, 7) is 0. The predicted molar refractivity (Wildman–Crippen MR) is 57.2 cm³/mol. The molecule has 1 aliphatic heterocycles. The van der Waals surface area contributed by atoms with E-state index in [1.807, 2.05) is 4.72 Å². The number of nitrogens with one attached hydrogen (secondary N) is 1. The molecule has 1 aliphatic rings. The van der Waals surface area contributed by atoms with Crippen LogP contribution in [0.15, 0.2) is 26.9 Å². The Balaban J connectivity index is 2.73. The normalized spacial score (nSPS) is 17.4. The number of aliphatic imine (C=N–C) groups is 1. The average molecular weight is 282 g/mol. The van der Waals surface area contributed by atoms with Gasteiger partial charge in [0.1, 0.15) is 11.2 Å². The van der Waals surface area contributed by atoms with E-state index >= 15 is 0 Å². The lowest BCUT2D eigenvalue weighted by Crippen LogP contribution is -2.25. The number of hydrogen-bond donors (Lipinski definition) is 2. The summed E-state index contributed by atoms with van der Waals surface area (Å²) in [4.78, 5) is 2.77. The number of benzene rings is 1. The van der Waals surface area contributed by atoms with Crippen LogP contribution in [-0.4, -0.2) is 14.8 Å². The molecule has 0 saturated heterocycles. The third-order valence-corrected chi connectivity index (χ3v) is 3.78. The van der Waals surface area contributed by atoms with Crippen LogP contribution in [0.3, 0.4) is 0 Å². The van der Waals surface area contributed by atoms with Gasteiger partial charge >= 0.3 is 6.18 Å². The van der Waals surface area contributed by atoms with Gasteiger partial charge in [-0.15, -0.1) is 12.6 Å². The molecule has 1 aromatic rings. The van der Waals surface area contributed by atoms with Crippen LogP contribution in [0.25, 0.3) is 0 Å². The van der Waals surface area contributed by atoms with Crippen molar-refractivity contribution in [2.75, 3.05) is 0 Å². The van der Waals surface area contributed by atoms with Crippen LogP contribution in [-0.2, 0) is 16.2 Å². The third kappa shape index (κ3) is 2.12. The lowest BCUT2D eigenvalue weighted by molar-refractivity contribution is -0.139. The number of sulfonamides is 1. The minimum Gasteiger partial charge on any atom is -0.270 e. The lowest BCUT2D eigenvalue weighted by Gasteiger charge is -2.16. The fraction of sp³-hybridized carbons (Fsp3) is 0.125. The summed E-state index contributed by atoms with van der Waals surface area (Å²) in [6.07, 6.45) is -3.77. The van der Waals surface area contributed by atoms with Crippen LogP contribution >= 0.6 is 12.6 Å². The molecule has 0 saturated carbocycles. The molecule has 1 N–H and O–H groups in total. The second-order valence-corrected chi connectivity index (χ2v) is 5.38. The molecule has 4 nitrogen and oxygen atoms in total. The maximum absolute atomic E-state index is 12.5. The van der Waals surface area contributed by atoms with Crippen molar-refractivity contribution < 1.29 is 21.6 Å². The van der Waals surface area contributed by atoms with Gasteiger partial charge in [-0.25, -0.2) is 13.4 Å². The van der Waals surface area contributed by atoms with E-state index in [0.29, 0.717) is 6.07 Å². The van der Waals surface area contributed by atoms with Crippen LogP contribution in [0, 0.1) is 0 Å². The quantitative estimate of drug-likeness (QED) is 0.714. The molecule has 0 unspecified atom stereocenters. The number of alkyl halides is 3.